The molecular formula is C37H31IN2O4. The highest BCUT2D eigenvalue weighted by molar-refractivity contribution is 14.1. The molecule has 0 saturated carbocycles. The summed E-state index contributed by atoms with van der Waals surface area (Å²) in [5, 5.41) is 14.9. The third-order valence-corrected chi connectivity index (χ3v) is 8.00. The Labute approximate surface area is 271 Å². The van der Waals surface area contributed by atoms with Crippen LogP contribution in [0.15, 0.2) is 103 Å². The van der Waals surface area contributed by atoms with Gasteiger partial charge in [-0.15, -0.1) is 0 Å². The van der Waals surface area contributed by atoms with E-state index in [9.17, 15) is 10.1 Å². The number of rotatable bonds is 10. The van der Waals surface area contributed by atoms with Gasteiger partial charge in [0, 0.05) is 11.3 Å². The molecule has 0 radical (unpaired) electrons. The highest BCUT2D eigenvalue weighted by Crippen LogP contribution is 2.36. The molecule has 0 atom stereocenters. The van der Waals surface area contributed by atoms with Crippen molar-refractivity contribution in [3.05, 3.63) is 134 Å². The summed E-state index contributed by atoms with van der Waals surface area (Å²) in [4.78, 5) is 13.0. The van der Waals surface area contributed by atoms with Gasteiger partial charge < -0.3 is 19.5 Å². The summed E-state index contributed by atoms with van der Waals surface area (Å²) in [6.07, 6.45) is 1.54. The van der Waals surface area contributed by atoms with E-state index >= 15 is 0 Å². The summed E-state index contributed by atoms with van der Waals surface area (Å²) in [6.45, 7) is 4.94. The molecule has 0 aromatic heterocycles. The van der Waals surface area contributed by atoms with E-state index in [-0.39, 0.29) is 5.57 Å². The number of hydrogen-bond donors (Lipinski definition) is 1. The molecule has 44 heavy (non-hydrogen) atoms. The van der Waals surface area contributed by atoms with Gasteiger partial charge in [0.05, 0.1) is 10.7 Å². The Morgan fingerprint density at radius 2 is 1.66 bits per heavy atom. The first-order chi connectivity index (χ1) is 21.3. The first kappa shape index (κ1) is 30.6. The van der Waals surface area contributed by atoms with Crippen LogP contribution in [0.5, 0.6) is 17.2 Å². The maximum Gasteiger partial charge on any atom is 0.266 e. The van der Waals surface area contributed by atoms with Gasteiger partial charge in [-0.25, -0.2) is 0 Å². The molecule has 0 aliphatic rings. The maximum absolute atomic E-state index is 13.0. The Balaban J connectivity index is 1.27. The van der Waals surface area contributed by atoms with Gasteiger partial charge in [0.2, 0.25) is 0 Å². The van der Waals surface area contributed by atoms with Gasteiger partial charge in [-0.1, -0.05) is 66.2 Å². The van der Waals surface area contributed by atoms with Gasteiger partial charge >= 0.3 is 0 Å². The van der Waals surface area contributed by atoms with E-state index in [0.29, 0.717) is 41.7 Å². The Morgan fingerprint density at radius 3 is 2.39 bits per heavy atom. The Kier molecular flexibility index (Phi) is 9.82. The molecule has 0 fully saturated rings. The van der Waals surface area contributed by atoms with Crippen LogP contribution in [0.3, 0.4) is 0 Å². The van der Waals surface area contributed by atoms with Crippen LogP contribution in [-0.2, 0) is 18.0 Å². The lowest BCUT2D eigenvalue weighted by molar-refractivity contribution is -0.112. The molecule has 0 spiro atoms. The van der Waals surface area contributed by atoms with Crippen LogP contribution in [0.4, 0.5) is 5.69 Å². The van der Waals surface area contributed by atoms with Crippen molar-refractivity contribution in [3.63, 3.8) is 0 Å². The van der Waals surface area contributed by atoms with Crippen LogP contribution < -0.4 is 19.5 Å². The number of carbonyl (C=O) groups excluding carboxylic acids is 1. The molecule has 0 aliphatic carbocycles. The molecule has 0 heterocycles. The summed E-state index contributed by atoms with van der Waals surface area (Å²) in [7, 11) is 1.57. The van der Waals surface area contributed by atoms with Crippen molar-refractivity contribution in [1.29, 1.82) is 5.26 Å². The number of carbonyl (C=O) groups is 1. The lowest BCUT2D eigenvalue weighted by Gasteiger charge is -2.16. The largest absolute Gasteiger partial charge is 0.493 e. The minimum atomic E-state index is -0.512. The monoisotopic (exact) mass is 694 g/mol. The van der Waals surface area contributed by atoms with Crippen molar-refractivity contribution in [2.45, 2.75) is 27.1 Å². The zero-order chi connectivity index (χ0) is 31.1. The van der Waals surface area contributed by atoms with Gasteiger partial charge in [-0.3, -0.25) is 4.79 Å². The molecule has 6 nitrogen and oxygen atoms in total. The fourth-order valence-electron chi connectivity index (χ4n) is 4.74. The lowest BCUT2D eigenvalue weighted by Crippen LogP contribution is -2.13. The number of nitrogens with one attached hydrogen (secondary N) is 1. The van der Waals surface area contributed by atoms with Crippen molar-refractivity contribution in [3.8, 4) is 23.3 Å². The topological polar surface area (TPSA) is 80.6 Å². The predicted octanol–water partition coefficient (Wildman–Crippen LogP) is 8.77. The molecule has 0 bridgehead atoms. The third-order valence-electron chi connectivity index (χ3n) is 7.20. The number of benzene rings is 5. The number of amides is 1. The highest BCUT2D eigenvalue weighted by atomic mass is 127. The molecule has 5 aromatic carbocycles. The van der Waals surface area contributed by atoms with Gasteiger partial charge in [0.25, 0.3) is 5.91 Å². The standard InChI is InChI=1S/C37H31IN2O4/c1-24-8-11-26(12-9-24)22-43-31-16-14-30(15-17-31)40-37(41)29(21-39)18-27-19-34(38)36(35(20-27)42-3)44-23-33-25(2)10-13-28-6-4-5-7-32(28)33/h4-20H,22-23H2,1-3H3,(H,40,41)/b29-18+. The zero-order valence-electron chi connectivity index (χ0n) is 24.7. The summed E-state index contributed by atoms with van der Waals surface area (Å²) in [5.41, 5.74) is 5.68. The average Bonchev–Trinajstić information content (AvgIpc) is 3.04. The van der Waals surface area contributed by atoms with E-state index in [1.165, 1.54) is 11.6 Å². The number of methoxy groups -OCH3 is 1. The van der Waals surface area contributed by atoms with Crippen molar-refractivity contribution < 1.29 is 19.0 Å². The Bertz CT molecular complexity index is 1870. The number of fused-ring (bicyclic) bond motifs is 1. The zero-order valence-corrected chi connectivity index (χ0v) is 26.8. The average molecular weight is 695 g/mol. The van der Waals surface area contributed by atoms with Crippen molar-refractivity contribution in [1.82, 2.24) is 0 Å². The van der Waals surface area contributed by atoms with E-state index in [0.717, 1.165) is 31.0 Å². The number of nitriles is 1. The number of hydrogen-bond acceptors (Lipinski definition) is 5. The molecule has 0 aliphatic heterocycles. The Morgan fingerprint density at radius 1 is 0.909 bits per heavy atom. The van der Waals surface area contributed by atoms with Crippen LogP contribution >= 0.6 is 22.6 Å². The fourth-order valence-corrected chi connectivity index (χ4v) is 5.52. The van der Waals surface area contributed by atoms with E-state index in [2.05, 4.69) is 59.1 Å². The number of nitrogens with zero attached hydrogens (tertiary/aromatic N) is 1. The molecular weight excluding hydrogens is 663 g/mol. The second-order valence-electron chi connectivity index (χ2n) is 10.3. The number of ether oxygens (including phenoxy) is 3. The third kappa shape index (κ3) is 7.39. The van der Waals surface area contributed by atoms with E-state index in [4.69, 9.17) is 14.2 Å². The van der Waals surface area contributed by atoms with Crippen LogP contribution in [0.2, 0.25) is 0 Å². The van der Waals surface area contributed by atoms with Crippen LogP contribution in [0, 0.1) is 28.7 Å². The number of halogens is 1. The molecule has 220 valence electrons. The van der Waals surface area contributed by atoms with Crippen molar-refractivity contribution in [2.75, 3.05) is 12.4 Å². The molecule has 1 N–H and O–H groups in total. The van der Waals surface area contributed by atoms with Crippen LogP contribution in [0.25, 0.3) is 16.8 Å². The summed E-state index contributed by atoms with van der Waals surface area (Å²) in [5.74, 6) is 1.28. The molecule has 5 rings (SSSR count). The molecule has 1 amide bonds. The first-order valence-electron chi connectivity index (χ1n) is 14.0. The fraction of sp³-hybridized carbons (Fsp3) is 0.135. The summed E-state index contributed by atoms with van der Waals surface area (Å²) in [6, 6.07) is 33.3. The van der Waals surface area contributed by atoms with E-state index < -0.39 is 5.91 Å². The first-order valence-corrected chi connectivity index (χ1v) is 15.1. The highest BCUT2D eigenvalue weighted by Gasteiger charge is 2.16. The van der Waals surface area contributed by atoms with Gasteiger partial charge in [-0.2, -0.15) is 5.26 Å². The second-order valence-corrected chi connectivity index (χ2v) is 11.5. The molecule has 0 saturated heterocycles. The quantitative estimate of drug-likeness (QED) is 0.0899. The lowest BCUT2D eigenvalue weighted by atomic mass is 10.0. The smallest absolute Gasteiger partial charge is 0.266 e. The summed E-state index contributed by atoms with van der Waals surface area (Å²) < 4.78 is 18.6. The van der Waals surface area contributed by atoms with Gasteiger partial charge in [-0.05, 0) is 106 Å². The molecule has 5 aromatic rings. The Hall–Kier alpha value is -4.81. The van der Waals surface area contributed by atoms with Crippen molar-refractivity contribution >= 4 is 51.0 Å². The second kappa shape index (κ2) is 14.1. The number of aryl methyl sites for hydroxylation is 2. The molecule has 0 unspecified atom stereocenters. The minimum absolute atomic E-state index is 0.0393. The van der Waals surface area contributed by atoms with Crippen LogP contribution in [0.1, 0.15) is 27.8 Å². The minimum Gasteiger partial charge on any atom is -0.493 e. The van der Waals surface area contributed by atoms with E-state index in [1.54, 1.807) is 37.4 Å². The van der Waals surface area contributed by atoms with Gasteiger partial charge in [0.1, 0.15) is 30.6 Å². The molecule has 7 heteroatoms. The number of anilines is 1. The SMILES string of the molecule is COc1cc(/C=C(\C#N)C(=O)Nc2ccc(OCc3ccc(C)cc3)cc2)cc(I)c1OCc1c(C)ccc2ccccc12. The van der Waals surface area contributed by atoms with Gasteiger partial charge in [0.15, 0.2) is 11.5 Å². The van der Waals surface area contributed by atoms with E-state index in [1.807, 2.05) is 55.5 Å². The van der Waals surface area contributed by atoms with Crippen LogP contribution in [-0.4, -0.2) is 13.0 Å². The predicted molar refractivity (Wildman–Crippen MR) is 183 cm³/mol. The maximum atomic E-state index is 13.0. The normalized spacial score (nSPS) is 11.1. The summed E-state index contributed by atoms with van der Waals surface area (Å²) >= 11 is 2.18. The van der Waals surface area contributed by atoms with Crippen molar-refractivity contribution in [2.24, 2.45) is 0 Å².